The number of hydrogen-bond acceptors (Lipinski definition) is 6. The highest BCUT2D eigenvalue weighted by Crippen LogP contribution is 2.39. The molecule has 1 fully saturated rings. The van der Waals surface area contributed by atoms with Gasteiger partial charge in [-0.1, -0.05) is 29.8 Å². The number of aromatic nitrogens is 3. The van der Waals surface area contributed by atoms with Gasteiger partial charge in [0.05, 0.1) is 26.7 Å². The molecule has 31 heavy (non-hydrogen) atoms. The molecule has 160 valence electrons. The van der Waals surface area contributed by atoms with Gasteiger partial charge in [0.1, 0.15) is 23.4 Å². The molecule has 11 heteroatoms. The Morgan fingerprint density at radius 1 is 1.10 bits per heavy atom. The molecule has 0 spiro atoms. The molecule has 1 aliphatic heterocycles. The molecule has 0 saturated carbocycles. The Morgan fingerprint density at radius 3 is 2.48 bits per heavy atom. The van der Waals surface area contributed by atoms with Crippen LogP contribution < -0.4 is 10.6 Å². The number of fused-ring (bicyclic) bond motifs is 1. The molecular weight excluding hydrogens is 449 g/mol. The average Bonchev–Trinajstić information content (AvgIpc) is 2.78. The molecule has 1 aliphatic rings. The maximum Gasteiger partial charge on any atom is 0.246 e. The first-order valence-electron chi connectivity index (χ1n) is 9.22. The van der Waals surface area contributed by atoms with Crippen molar-refractivity contribution in [1.29, 1.82) is 0 Å². The summed E-state index contributed by atoms with van der Waals surface area (Å²) in [7, 11) is 0. The van der Waals surface area contributed by atoms with E-state index in [0.29, 0.717) is 37.4 Å². The Morgan fingerprint density at radius 2 is 1.81 bits per heavy atom. The number of piperazine rings is 1. The molecule has 0 unspecified atom stereocenters. The third-order valence-corrected chi connectivity index (χ3v) is 5.70. The molecule has 1 aromatic carbocycles. The normalized spacial score (nSPS) is 14.2. The van der Waals surface area contributed by atoms with Gasteiger partial charge < -0.3 is 15.5 Å². The molecule has 7 nitrogen and oxygen atoms in total. The molecule has 3 aromatic rings. The van der Waals surface area contributed by atoms with E-state index in [1.807, 2.05) is 4.90 Å². The van der Waals surface area contributed by atoms with Gasteiger partial charge in [-0.25, -0.2) is 18.7 Å². The van der Waals surface area contributed by atoms with Crippen LogP contribution in [-0.4, -0.2) is 51.9 Å². The minimum Gasteiger partial charge on any atom is -0.397 e. The van der Waals surface area contributed by atoms with Crippen LogP contribution in [0.5, 0.6) is 0 Å². The lowest BCUT2D eigenvalue weighted by Gasteiger charge is -2.35. The molecule has 2 N–H and O–H groups in total. The Labute approximate surface area is 186 Å². The van der Waals surface area contributed by atoms with Gasteiger partial charge in [-0.15, -0.1) is 0 Å². The van der Waals surface area contributed by atoms with E-state index in [1.54, 1.807) is 4.90 Å². The van der Waals surface area contributed by atoms with Crippen LogP contribution in [-0.2, 0) is 4.79 Å². The molecule has 0 aliphatic carbocycles. The number of pyridine rings is 1. The Kier molecular flexibility index (Phi) is 5.63. The smallest absolute Gasteiger partial charge is 0.246 e. The highest BCUT2D eigenvalue weighted by molar-refractivity contribution is 6.37. The lowest BCUT2D eigenvalue weighted by molar-refractivity contribution is -0.126. The van der Waals surface area contributed by atoms with Crippen molar-refractivity contribution in [3.05, 3.63) is 52.9 Å². The van der Waals surface area contributed by atoms with Gasteiger partial charge in [0.25, 0.3) is 0 Å². The van der Waals surface area contributed by atoms with E-state index in [2.05, 4.69) is 21.5 Å². The summed E-state index contributed by atoms with van der Waals surface area (Å²) in [5.41, 5.74) is 4.98. The molecule has 3 heterocycles. The van der Waals surface area contributed by atoms with Crippen molar-refractivity contribution in [2.45, 2.75) is 0 Å². The van der Waals surface area contributed by atoms with Gasteiger partial charge in [0.15, 0.2) is 11.6 Å². The van der Waals surface area contributed by atoms with E-state index >= 15 is 4.39 Å². The van der Waals surface area contributed by atoms with E-state index in [1.165, 1.54) is 18.6 Å². The van der Waals surface area contributed by atoms with Gasteiger partial charge >= 0.3 is 0 Å². The summed E-state index contributed by atoms with van der Waals surface area (Å²) >= 11 is 11.8. The quantitative estimate of drug-likeness (QED) is 0.361. The van der Waals surface area contributed by atoms with Crippen LogP contribution in [0.1, 0.15) is 0 Å². The minimum atomic E-state index is -0.924. The summed E-state index contributed by atoms with van der Waals surface area (Å²) in [5.74, 6) is -1.48. The number of benzene rings is 1. The van der Waals surface area contributed by atoms with Crippen molar-refractivity contribution in [2.24, 2.45) is 0 Å². The largest absolute Gasteiger partial charge is 0.397 e. The summed E-state index contributed by atoms with van der Waals surface area (Å²) in [6.07, 6.45) is 3.85. The van der Waals surface area contributed by atoms with Crippen LogP contribution in [0.15, 0.2) is 31.2 Å². The number of amides is 1. The molecule has 4 rings (SSSR count). The molecule has 2 aromatic heterocycles. The van der Waals surface area contributed by atoms with Crippen molar-refractivity contribution in [3.8, 4) is 11.3 Å². The second-order valence-electron chi connectivity index (χ2n) is 6.84. The fourth-order valence-corrected chi connectivity index (χ4v) is 3.98. The van der Waals surface area contributed by atoms with Gasteiger partial charge in [0, 0.05) is 32.4 Å². The number of nitrogens with two attached hydrogens (primary N) is 1. The molecular formula is C20H16Cl2F2N6O. The third-order valence-electron chi connectivity index (χ3n) is 5.11. The highest BCUT2D eigenvalue weighted by Gasteiger charge is 2.26. The van der Waals surface area contributed by atoms with Crippen LogP contribution >= 0.6 is 23.2 Å². The van der Waals surface area contributed by atoms with Crippen molar-refractivity contribution in [2.75, 3.05) is 36.8 Å². The molecule has 0 atom stereocenters. The van der Waals surface area contributed by atoms with Crippen LogP contribution in [0.3, 0.4) is 0 Å². The lowest BCUT2D eigenvalue weighted by Crippen LogP contribution is -2.48. The highest BCUT2D eigenvalue weighted by atomic mass is 35.5. The summed E-state index contributed by atoms with van der Waals surface area (Å²) in [6, 6.07) is 1.15. The number of nitrogen functional groups attached to an aromatic ring is 1. The number of halogens is 4. The first-order chi connectivity index (χ1) is 14.8. The van der Waals surface area contributed by atoms with E-state index in [-0.39, 0.29) is 38.4 Å². The number of nitrogens with zero attached hydrogens (tertiary/aromatic N) is 5. The Balaban J connectivity index is 1.77. The zero-order chi connectivity index (χ0) is 22.3. The predicted octanol–water partition coefficient (Wildman–Crippen LogP) is 3.69. The molecule has 0 bridgehead atoms. The zero-order valence-electron chi connectivity index (χ0n) is 16.1. The van der Waals surface area contributed by atoms with Gasteiger partial charge in [-0.2, -0.15) is 0 Å². The second kappa shape index (κ2) is 8.24. The van der Waals surface area contributed by atoms with E-state index < -0.39 is 11.6 Å². The van der Waals surface area contributed by atoms with Crippen molar-refractivity contribution < 1.29 is 13.6 Å². The predicted molar refractivity (Wildman–Crippen MR) is 116 cm³/mol. The van der Waals surface area contributed by atoms with E-state index in [0.717, 1.165) is 6.07 Å². The molecule has 1 amide bonds. The Hall–Kier alpha value is -3.04. The first kappa shape index (κ1) is 21.2. The summed E-state index contributed by atoms with van der Waals surface area (Å²) in [5, 5.41) is 0.0307. The number of anilines is 2. The Bertz CT molecular complexity index is 1190. The van der Waals surface area contributed by atoms with Gasteiger partial charge in [-0.05, 0) is 12.1 Å². The minimum absolute atomic E-state index is 0.0157. The van der Waals surface area contributed by atoms with E-state index in [4.69, 9.17) is 28.9 Å². The van der Waals surface area contributed by atoms with Gasteiger partial charge in [-0.3, -0.25) is 9.78 Å². The number of rotatable bonds is 3. The van der Waals surface area contributed by atoms with Crippen LogP contribution in [0.25, 0.3) is 22.2 Å². The third kappa shape index (κ3) is 3.64. The first-order valence-corrected chi connectivity index (χ1v) is 9.98. The van der Waals surface area contributed by atoms with Crippen molar-refractivity contribution in [1.82, 2.24) is 19.9 Å². The van der Waals surface area contributed by atoms with Crippen LogP contribution in [0.2, 0.25) is 10.0 Å². The van der Waals surface area contributed by atoms with Crippen molar-refractivity contribution >= 4 is 51.5 Å². The van der Waals surface area contributed by atoms with Crippen LogP contribution in [0, 0.1) is 11.6 Å². The van der Waals surface area contributed by atoms with Gasteiger partial charge in [0.2, 0.25) is 5.91 Å². The average molecular weight is 465 g/mol. The topological polar surface area (TPSA) is 88.2 Å². The summed E-state index contributed by atoms with van der Waals surface area (Å²) < 4.78 is 30.0. The van der Waals surface area contributed by atoms with Crippen LogP contribution in [0.4, 0.5) is 20.3 Å². The zero-order valence-corrected chi connectivity index (χ0v) is 17.6. The summed E-state index contributed by atoms with van der Waals surface area (Å²) in [6.45, 7) is 5.40. The molecule has 1 saturated heterocycles. The fourth-order valence-electron chi connectivity index (χ4n) is 3.51. The number of carbonyl (C=O) groups is 1. The van der Waals surface area contributed by atoms with Crippen molar-refractivity contribution in [3.63, 3.8) is 0 Å². The lowest BCUT2D eigenvalue weighted by atomic mass is 10.1. The fraction of sp³-hybridized carbons (Fsp3) is 0.200. The van der Waals surface area contributed by atoms with E-state index in [9.17, 15) is 9.18 Å². The molecule has 0 radical (unpaired) electrons. The monoisotopic (exact) mass is 464 g/mol. The number of hydrogen-bond donors (Lipinski definition) is 1. The SMILES string of the molecule is C=CC(=O)N1CCN(c2ncnc3c(F)c(-c4c(N)c(Cl)cc(Cl)c4F)ncc23)CC1. The standard InChI is InChI=1S/C20H16Cl2F2N6O/c1-2-13(31)29-3-5-30(6-4-29)20-10-8-26-19(16(24)18(10)27-9-28-20)14-15(23)11(21)7-12(22)17(14)25/h2,7-9H,1,3-6,25H2. The summed E-state index contributed by atoms with van der Waals surface area (Å²) in [4.78, 5) is 27.7. The maximum absolute atomic E-state index is 15.4. The number of carbonyl (C=O) groups excluding carboxylic acids is 1. The maximum atomic E-state index is 15.4. The second-order valence-corrected chi connectivity index (χ2v) is 7.65.